The standard InChI is InChI=1S/H2NO2PS/c2-1-4(3)5/h4H,(H,3,5). The van der Waals surface area contributed by atoms with E-state index in [1.54, 1.807) is 0 Å². The molecule has 0 spiro atoms. The highest BCUT2D eigenvalue weighted by atomic mass is 32.7. The molecule has 0 amide bonds. The van der Waals surface area contributed by atoms with Crippen molar-refractivity contribution in [2.24, 2.45) is 4.95 Å². The zero-order chi connectivity index (χ0) is 4.28. The van der Waals surface area contributed by atoms with Crippen molar-refractivity contribution in [2.75, 3.05) is 0 Å². The van der Waals surface area contributed by atoms with Gasteiger partial charge in [-0.05, 0) is 4.95 Å². The molecule has 0 aliphatic carbocycles. The minimum Gasteiger partial charge on any atom is -0.287 e. The van der Waals surface area contributed by atoms with E-state index in [0.717, 1.165) is 0 Å². The van der Waals surface area contributed by atoms with Crippen molar-refractivity contribution < 1.29 is 4.57 Å². The van der Waals surface area contributed by atoms with E-state index in [1.165, 1.54) is 0 Å². The summed E-state index contributed by atoms with van der Waals surface area (Å²) in [4.78, 5) is 11.0. The summed E-state index contributed by atoms with van der Waals surface area (Å²) >= 11 is 3.17. The van der Waals surface area contributed by atoms with Crippen LogP contribution in [-0.4, -0.2) is 0 Å². The topological polar surface area (TPSA) is 46.5 Å². The molecule has 0 rings (SSSR count). The fourth-order valence-corrected chi connectivity index (χ4v) is 0. The van der Waals surface area contributed by atoms with E-state index in [9.17, 15) is 4.57 Å². The van der Waals surface area contributed by atoms with Crippen LogP contribution < -0.4 is 0 Å². The molecule has 0 aromatic carbocycles. The second-order valence-corrected chi connectivity index (χ2v) is 2.27. The van der Waals surface area contributed by atoms with E-state index >= 15 is 0 Å². The second-order valence-electron chi connectivity index (χ2n) is 0.374. The van der Waals surface area contributed by atoms with Crippen molar-refractivity contribution in [1.29, 1.82) is 0 Å². The van der Waals surface area contributed by atoms with Gasteiger partial charge >= 0.3 is 0 Å². The summed E-state index contributed by atoms with van der Waals surface area (Å²) in [5, 5.41) is 0. The van der Waals surface area contributed by atoms with Crippen LogP contribution >= 0.6 is 19.4 Å². The van der Waals surface area contributed by atoms with Gasteiger partial charge in [-0.25, -0.2) is 0 Å². The molecule has 0 saturated heterocycles. The summed E-state index contributed by atoms with van der Waals surface area (Å²) < 4.78 is 9.38. The molecule has 0 aliphatic rings. The van der Waals surface area contributed by atoms with Crippen LogP contribution in [0.5, 0.6) is 0 Å². The Morgan fingerprint density at radius 2 is 2.00 bits per heavy atom. The molecular formula is H2NO2PS. The van der Waals surface area contributed by atoms with Crippen LogP contribution in [0, 0.1) is 4.91 Å². The van der Waals surface area contributed by atoms with Crippen LogP contribution in [0.25, 0.3) is 0 Å². The molecule has 1 unspecified atom stereocenters. The maximum Gasteiger partial charge on any atom is 0.270 e. The van der Waals surface area contributed by atoms with Gasteiger partial charge in [-0.15, -0.1) is 4.91 Å². The smallest absolute Gasteiger partial charge is 0.270 e. The number of rotatable bonds is 1. The number of nitrogens with zero attached hydrogens (tertiary/aromatic N) is 1. The Bertz CT molecular complexity index is 60.7. The number of hydrogen-bond donors (Lipinski definition) is 1. The number of thiol groups is 1. The average molecular weight is 111 g/mol. The Balaban J connectivity index is 3.20. The minimum absolute atomic E-state index is 2.05. The molecule has 0 bridgehead atoms. The third-order valence-electron chi connectivity index (χ3n) is 0.0781. The van der Waals surface area contributed by atoms with Gasteiger partial charge in [0, 0.05) is 0 Å². The van der Waals surface area contributed by atoms with Crippen molar-refractivity contribution >= 4 is 19.4 Å². The first kappa shape index (κ1) is 5.18. The maximum atomic E-state index is 9.38. The Morgan fingerprint density at radius 3 is 2.00 bits per heavy atom. The second kappa shape index (κ2) is 2.42. The lowest BCUT2D eigenvalue weighted by molar-refractivity contribution is 0.597. The van der Waals surface area contributed by atoms with Gasteiger partial charge in [-0.1, -0.05) is 12.2 Å². The first-order valence-corrected chi connectivity index (χ1v) is 3.48. The van der Waals surface area contributed by atoms with E-state index in [4.69, 9.17) is 4.91 Å². The van der Waals surface area contributed by atoms with Crippen molar-refractivity contribution in [2.45, 2.75) is 0 Å². The van der Waals surface area contributed by atoms with E-state index in [0.29, 0.717) is 0 Å². The zero-order valence-electron chi connectivity index (χ0n) is 2.21. The van der Waals surface area contributed by atoms with E-state index in [2.05, 4.69) is 12.2 Å². The Kier molecular flexibility index (Phi) is 2.51. The van der Waals surface area contributed by atoms with Crippen LogP contribution in [0.2, 0.25) is 0 Å². The van der Waals surface area contributed by atoms with Gasteiger partial charge in [0.25, 0.3) is 7.15 Å². The van der Waals surface area contributed by atoms with Gasteiger partial charge in [0.1, 0.15) is 0 Å². The fraction of sp³-hybridized carbons (Fsp3) is 0. The fourth-order valence-electron chi connectivity index (χ4n) is 0. The monoisotopic (exact) mass is 111 g/mol. The molecule has 0 aliphatic heterocycles. The van der Waals surface area contributed by atoms with Crippen LogP contribution in [-0.2, 0) is 4.57 Å². The Morgan fingerprint density at radius 1 is 1.80 bits per heavy atom. The molecule has 3 nitrogen and oxygen atoms in total. The summed E-state index contributed by atoms with van der Waals surface area (Å²) in [5.74, 6) is 0. The lowest BCUT2D eigenvalue weighted by Gasteiger charge is -1.59. The van der Waals surface area contributed by atoms with Crippen LogP contribution in [0.3, 0.4) is 0 Å². The number of nitroso groups, excluding NO2 is 1. The molecule has 1 atom stereocenters. The maximum absolute atomic E-state index is 9.38. The summed E-state index contributed by atoms with van der Waals surface area (Å²) in [6.45, 7) is 0. The first-order chi connectivity index (χ1) is 2.27. The van der Waals surface area contributed by atoms with Crippen molar-refractivity contribution in [1.82, 2.24) is 0 Å². The summed E-state index contributed by atoms with van der Waals surface area (Å²) in [5.41, 5.74) is 0. The van der Waals surface area contributed by atoms with Gasteiger partial charge in [-0.2, -0.15) is 0 Å². The molecular weight excluding hydrogens is 109 g/mol. The molecule has 0 saturated carbocycles. The molecule has 0 heterocycles. The normalized spacial score (nSPS) is 13.8. The molecule has 30 valence electrons. The predicted octanol–water partition coefficient (Wildman–Crippen LogP) is 1.07. The molecule has 5 heavy (non-hydrogen) atoms. The third-order valence-corrected chi connectivity index (χ3v) is 0.479. The highest BCUT2D eigenvalue weighted by Crippen LogP contribution is 2.25. The third kappa shape index (κ3) is 4.18. The summed E-state index contributed by atoms with van der Waals surface area (Å²) in [6.07, 6.45) is 0. The van der Waals surface area contributed by atoms with Crippen molar-refractivity contribution in [3.05, 3.63) is 4.91 Å². The van der Waals surface area contributed by atoms with Gasteiger partial charge in [0.2, 0.25) is 0 Å². The van der Waals surface area contributed by atoms with E-state index < -0.39 is 7.15 Å². The highest BCUT2D eigenvalue weighted by Gasteiger charge is 1.74. The molecule has 0 N–H and O–H groups in total. The van der Waals surface area contributed by atoms with Gasteiger partial charge in [0.05, 0.1) is 0 Å². The Hall–Kier alpha value is 0.180. The molecule has 0 aromatic heterocycles. The van der Waals surface area contributed by atoms with Gasteiger partial charge < -0.3 is 0 Å². The van der Waals surface area contributed by atoms with Gasteiger partial charge in [0.15, 0.2) is 0 Å². The van der Waals surface area contributed by atoms with Crippen LogP contribution in [0.15, 0.2) is 4.95 Å². The molecule has 0 aromatic rings. The lowest BCUT2D eigenvalue weighted by Crippen LogP contribution is -1.19. The Labute approximate surface area is 34.7 Å². The molecule has 0 radical (unpaired) electrons. The summed E-state index contributed by atoms with van der Waals surface area (Å²) in [6, 6.07) is 0. The van der Waals surface area contributed by atoms with E-state index in [-0.39, 0.29) is 0 Å². The minimum atomic E-state index is -2.36. The van der Waals surface area contributed by atoms with Crippen LogP contribution in [0.4, 0.5) is 0 Å². The van der Waals surface area contributed by atoms with E-state index in [1.807, 2.05) is 4.95 Å². The molecule has 0 fully saturated rings. The van der Waals surface area contributed by atoms with Crippen molar-refractivity contribution in [3.63, 3.8) is 0 Å². The largest absolute Gasteiger partial charge is 0.287 e. The molecule has 5 heteroatoms. The van der Waals surface area contributed by atoms with Crippen LogP contribution in [0.1, 0.15) is 0 Å². The lowest BCUT2D eigenvalue weighted by atomic mass is 13.7. The predicted molar refractivity (Wildman–Crippen MR) is 23.8 cm³/mol. The SMILES string of the molecule is O=N[PH](=O)S. The first-order valence-electron chi connectivity index (χ1n) is 0.834. The van der Waals surface area contributed by atoms with Crippen molar-refractivity contribution in [3.8, 4) is 0 Å². The zero-order valence-corrected chi connectivity index (χ0v) is 4.11. The highest BCUT2D eigenvalue weighted by molar-refractivity contribution is 8.40. The van der Waals surface area contributed by atoms with Gasteiger partial charge in [-0.3, -0.25) is 4.57 Å². The summed E-state index contributed by atoms with van der Waals surface area (Å²) in [7, 11) is -2.36. The quantitative estimate of drug-likeness (QED) is 0.312. The number of hydrogen-bond acceptors (Lipinski definition) is 2. The average Bonchev–Trinajstić information content (AvgIpc) is 1.38.